The number of carbonyl (C=O) groups excluding carboxylic acids is 2. The van der Waals surface area contributed by atoms with Crippen LogP contribution in [0.5, 0.6) is 0 Å². The molecule has 0 spiro atoms. The number of nitrogens with zero attached hydrogens (tertiary/aromatic N) is 1. The van der Waals surface area contributed by atoms with Gasteiger partial charge in [-0.15, -0.1) is 0 Å². The topological polar surface area (TPSA) is 111 Å². The molecule has 10 heteroatoms. The summed E-state index contributed by atoms with van der Waals surface area (Å²) in [5.41, 5.74) is 0. The molecule has 0 aliphatic heterocycles. The first kappa shape index (κ1) is 77.7. The van der Waals surface area contributed by atoms with Crippen molar-refractivity contribution in [3.63, 3.8) is 0 Å². The van der Waals surface area contributed by atoms with Gasteiger partial charge in [-0.05, 0) is 103 Å². The van der Waals surface area contributed by atoms with E-state index in [1.54, 1.807) is 0 Å². The van der Waals surface area contributed by atoms with E-state index in [-0.39, 0.29) is 32.0 Å². The fourth-order valence-electron chi connectivity index (χ4n) is 8.96. The third-order valence-corrected chi connectivity index (χ3v) is 15.0. The molecule has 0 aliphatic carbocycles. The van der Waals surface area contributed by atoms with Crippen molar-refractivity contribution < 1.29 is 42.1 Å². The molecular weight excluding hydrogens is 1030 g/mol. The Kier molecular flexibility index (Phi) is 58.7. The summed E-state index contributed by atoms with van der Waals surface area (Å²) in [5.74, 6) is -0.838. The standard InChI is InChI=1S/C71H124NO8P/c1-6-8-10-12-14-16-18-20-22-24-26-27-28-29-30-31-32-33-34-35-36-37-38-39-40-41-42-43-44-45-46-48-50-52-54-56-58-60-62-64-71(74)80-69(68-79-81(75,76)78-66-65-72(3,4)5)67-77-70(73)63-61-59-57-55-53-51-49-47-25-23-21-19-17-15-13-11-9-7-2/h8,10,14,16-17,19-20,22-23,25-27,29-30,32-33,35-36,69H,6-7,9,11-13,15,18,21,24,28,31,34,37-68H2,1-5H3/b10-8-,16-14-,19-17-,22-20-,25-23-,27-26-,30-29-,33-32-,36-35-. The normalized spacial score (nSPS) is 13.9. The van der Waals surface area contributed by atoms with E-state index in [2.05, 4.69) is 123 Å². The Morgan fingerprint density at radius 2 is 0.704 bits per heavy atom. The zero-order valence-electron chi connectivity index (χ0n) is 52.9. The number of rotatable bonds is 60. The van der Waals surface area contributed by atoms with E-state index < -0.39 is 26.5 Å². The molecule has 0 saturated carbocycles. The first-order chi connectivity index (χ1) is 39.5. The SMILES string of the molecule is CC/C=C\C/C=C\C/C=C\C/C=C\C/C=C\C/C=C\C/C=C\CCCCCCCCCCCCCCCCCCCC(=O)OC(COC(=O)CCCCCCCCC/C=C\C/C=C\CCCCCC)COP(=O)([O-])OCC[N+](C)(C)C. The van der Waals surface area contributed by atoms with E-state index in [1.807, 2.05) is 21.1 Å². The van der Waals surface area contributed by atoms with Gasteiger partial charge in [0.25, 0.3) is 7.82 Å². The van der Waals surface area contributed by atoms with Gasteiger partial charge < -0.3 is 27.9 Å². The number of hydrogen-bond acceptors (Lipinski definition) is 8. The number of allylic oxidation sites excluding steroid dienone is 18. The van der Waals surface area contributed by atoms with Gasteiger partial charge in [0.15, 0.2) is 6.10 Å². The number of hydrogen-bond donors (Lipinski definition) is 0. The molecule has 2 unspecified atom stereocenters. The number of phosphoric ester groups is 1. The van der Waals surface area contributed by atoms with Crippen molar-refractivity contribution in [2.75, 3.05) is 47.5 Å². The Labute approximate surface area is 499 Å². The minimum atomic E-state index is -4.64. The van der Waals surface area contributed by atoms with Crippen molar-refractivity contribution >= 4 is 19.8 Å². The van der Waals surface area contributed by atoms with Crippen LogP contribution >= 0.6 is 7.82 Å². The third-order valence-electron chi connectivity index (χ3n) is 14.0. The van der Waals surface area contributed by atoms with Crippen molar-refractivity contribution in [2.45, 2.75) is 283 Å². The van der Waals surface area contributed by atoms with Crippen molar-refractivity contribution in [3.8, 4) is 0 Å². The van der Waals surface area contributed by atoms with Crippen molar-refractivity contribution in [2.24, 2.45) is 0 Å². The molecule has 0 heterocycles. The number of phosphoric acid groups is 1. The van der Waals surface area contributed by atoms with Crippen LogP contribution in [0, 0.1) is 0 Å². The van der Waals surface area contributed by atoms with Crippen LogP contribution in [-0.4, -0.2) is 70.0 Å². The van der Waals surface area contributed by atoms with Crippen LogP contribution in [0.2, 0.25) is 0 Å². The van der Waals surface area contributed by atoms with Gasteiger partial charge in [-0.3, -0.25) is 14.2 Å². The van der Waals surface area contributed by atoms with Crippen molar-refractivity contribution in [1.82, 2.24) is 0 Å². The molecule has 0 aromatic heterocycles. The number of quaternary nitrogens is 1. The molecule has 0 aromatic rings. The first-order valence-electron chi connectivity index (χ1n) is 33.1. The van der Waals surface area contributed by atoms with Crippen LogP contribution < -0.4 is 4.89 Å². The second kappa shape index (κ2) is 61.2. The largest absolute Gasteiger partial charge is 0.756 e. The molecule has 0 rings (SSSR count). The molecule has 0 amide bonds. The fourth-order valence-corrected chi connectivity index (χ4v) is 9.69. The second-order valence-corrected chi connectivity index (χ2v) is 24.5. The van der Waals surface area contributed by atoms with Gasteiger partial charge in [-0.2, -0.15) is 0 Å². The highest BCUT2D eigenvalue weighted by Crippen LogP contribution is 2.38. The van der Waals surface area contributed by atoms with E-state index in [1.165, 1.54) is 141 Å². The van der Waals surface area contributed by atoms with Crippen LogP contribution in [0.25, 0.3) is 0 Å². The quantitative estimate of drug-likeness (QED) is 0.0195. The average Bonchev–Trinajstić information content (AvgIpc) is 3.43. The molecule has 0 radical (unpaired) electrons. The molecule has 0 fully saturated rings. The minimum absolute atomic E-state index is 0.0349. The number of esters is 2. The molecular formula is C71H124NO8P. The van der Waals surface area contributed by atoms with E-state index in [9.17, 15) is 19.0 Å². The second-order valence-electron chi connectivity index (χ2n) is 23.1. The summed E-state index contributed by atoms with van der Waals surface area (Å²) >= 11 is 0. The summed E-state index contributed by atoms with van der Waals surface area (Å²) in [7, 11) is 1.16. The number of likely N-dealkylation sites (N-methyl/N-ethyl adjacent to an activating group) is 1. The Bertz CT molecular complexity index is 1730. The number of carbonyl (C=O) groups is 2. The van der Waals surface area contributed by atoms with E-state index >= 15 is 0 Å². The predicted octanol–water partition coefficient (Wildman–Crippen LogP) is 20.7. The maximum Gasteiger partial charge on any atom is 0.306 e. The lowest BCUT2D eigenvalue weighted by Crippen LogP contribution is -2.37. The summed E-state index contributed by atoms with van der Waals surface area (Å²) < 4.78 is 34.2. The van der Waals surface area contributed by atoms with Gasteiger partial charge in [0.1, 0.15) is 19.8 Å². The summed E-state index contributed by atoms with van der Waals surface area (Å²) in [6, 6.07) is 0. The minimum Gasteiger partial charge on any atom is -0.756 e. The third kappa shape index (κ3) is 65.7. The lowest BCUT2D eigenvalue weighted by molar-refractivity contribution is -0.870. The molecule has 0 N–H and O–H groups in total. The van der Waals surface area contributed by atoms with Gasteiger partial charge in [0.2, 0.25) is 0 Å². The van der Waals surface area contributed by atoms with Gasteiger partial charge in [-0.25, -0.2) is 0 Å². The highest BCUT2D eigenvalue weighted by atomic mass is 31.2. The average molecular weight is 1150 g/mol. The smallest absolute Gasteiger partial charge is 0.306 e. The van der Waals surface area contributed by atoms with E-state index in [0.717, 1.165) is 103 Å². The first-order valence-corrected chi connectivity index (χ1v) is 34.6. The Morgan fingerprint density at radius 3 is 1.05 bits per heavy atom. The van der Waals surface area contributed by atoms with Crippen LogP contribution in [0.15, 0.2) is 109 Å². The van der Waals surface area contributed by atoms with Gasteiger partial charge in [-0.1, -0.05) is 271 Å². The van der Waals surface area contributed by atoms with Crippen LogP contribution in [0.4, 0.5) is 0 Å². The maximum absolute atomic E-state index is 12.8. The molecule has 0 bridgehead atoms. The zero-order chi connectivity index (χ0) is 59.1. The summed E-state index contributed by atoms with van der Waals surface area (Å²) in [5, 5.41) is 0. The summed E-state index contributed by atoms with van der Waals surface area (Å²) in [4.78, 5) is 37.9. The highest BCUT2D eigenvalue weighted by Gasteiger charge is 2.22. The van der Waals surface area contributed by atoms with Crippen LogP contribution in [0.3, 0.4) is 0 Å². The Hall–Kier alpha value is -3.33. The maximum atomic E-state index is 12.8. The molecule has 81 heavy (non-hydrogen) atoms. The molecule has 0 saturated heterocycles. The fraction of sp³-hybridized carbons (Fsp3) is 0.718. The summed E-state index contributed by atoms with van der Waals surface area (Å²) in [6.07, 6.45) is 85.9. The molecule has 2 atom stereocenters. The number of ether oxygens (including phenoxy) is 2. The van der Waals surface area contributed by atoms with E-state index in [0.29, 0.717) is 17.4 Å². The Morgan fingerprint density at radius 1 is 0.395 bits per heavy atom. The monoisotopic (exact) mass is 1150 g/mol. The summed E-state index contributed by atoms with van der Waals surface area (Å²) in [6.45, 7) is 4.11. The predicted molar refractivity (Wildman–Crippen MR) is 346 cm³/mol. The van der Waals surface area contributed by atoms with E-state index in [4.69, 9.17) is 18.5 Å². The lowest BCUT2D eigenvalue weighted by atomic mass is 10.0. The van der Waals surface area contributed by atoms with Crippen molar-refractivity contribution in [3.05, 3.63) is 109 Å². The van der Waals surface area contributed by atoms with Gasteiger partial charge >= 0.3 is 11.9 Å². The highest BCUT2D eigenvalue weighted by molar-refractivity contribution is 7.45. The van der Waals surface area contributed by atoms with Crippen molar-refractivity contribution in [1.29, 1.82) is 0 Å². The van der Waals surface area contributed by atoms with Gasteiger partial charge in [0, 0.05) is 12.8 Å². The van der Waals surface area contributed by atoms with Crippen LogP contribution in [-0.2, 0) is 32.7 Å². The zero-order valence-corrected chi connectivity index (χ0v) is 53.8. The Balaban J connectivity index is 4.02. The van der Waals surface area contributed by atoms with Gasteiger partial charge in [0.05, 0.1) is 27.7 Å². The lowest BCUT2D eigenvalue weighted by Gasteiger charge is -2.28. The molecule has 0 aromatic carbocycles. The molecule has 9 nitrogen and oxygen atoms in total. The molecule has 0 aliphatic rings. The van der Waals surface area contributed by atoms with Crippen LogP contribution in [0.1, 0.15) is 277 Å². The molecule has 466 valence electrons. The number of unbranched alkanes of at least 4 members (excludes halogenated alkanes) is 28.